The van der Waals surface area contributed by atoms with Gasteiger partial charge in [0.2, 0.25) is 5.91 Å². The van der Waals surface area contributed by atoms with E-state index in [4.69, 9.17) is 11.6 Å². The maximum Gasteiger partial charge on any atom is 0.233 e. The van der Waals surface area contributed by atoms with Crippen LogP contribution in [-0.2, 0) is 11.3 Å². The highest BCUT2D eigenvalue weighted by molar-refractivity contribution is 8.01. The van der Waals surface area contributed by atoms with E-state index < -0.39 is 5.82 Å². The Balaban J connectivity index is 1.58. The SMILES string of the molecule is CN(Cc1c(F)cccc1Cl)C(=O)CSc1nc(-c2ccccc2)cs1. The molecule has 0 aliphatic rings. The Kier molecular flexibility index (Phi) is 6.29. The van der Waals surface area contributed by atoms with Gasteiger partial charge in [-0.25, -0.2) is 9.37 Å². The summed E-state index contributed by atoms with van der Waals surface area (Å²) in [7, 11) is 1.64. The fourth-order valence-corrected chi connectivity index (χ4v) is 4.31. The summed E-state index contributed by atoms with van der Waals surface area (Å²) in [4.78, 5) is 18.4. The molecule has 0 radical (unpaired) electrons. The van der Waals surface area contributed by atoms with Gasteiger partial charge in [-0.1, -0.05) is 59.8 Å². The van der Waals surface area contributed by atoms with Gasteiger partial charge in [-0.05, 0) is 12.1 Å². The van der Waals surface area contributed by atoms with E-state index in [0.29, 0.717) is 10.6 Å². The predicted octanol–water partition coefficient (Wildman–Crippen LogP) is 5.35. The first kappa shape index (κ1) is 18.9. The average Bonchev–Trinajstić information content (AvgIpc) is 3.12. The van der Waals surface area contributed by atoms with E-state index >= 15 is 0 Å². The molecule has 0 spiro atoms. The molecule has 0 saturated carbocycles. The first-order chi connectivity index (χ1) is 12.5. The zero-order chi connectivity index (χ0) is 18.5. The van der Waals surface area contributed by atoms with Crippen molar-refractivity contribution in [3.63, 3.8) is 0 Å². The molecular formula is C19H16ClFN2OS2. The molecule has 0 aliphatic carbocycles. The molecule has 7 heteroatoms. The van der Waals surface area contributed by atoms with Gasteiger partial charge in [0, 0.05) is 35.1 Å². The topological polar surface area (TPSA) is 33.2 Å². The van der Waals surface area contributed by atoms with Crippen LogP contribution < -0.4 is 0 Å². The van der Waals surface area contributed by atoms with Crippen LogP contribution in [-0.4, -0.2) is 28.6 Å². The quantitative estimate of drug-likeness (QED) is 0.517. The highest BCUT2D eigenvalue weighted by Gasteiger charge is 2.15. The van der Waals surface area contributed by atoms with Gasteiger partial charge < -0.3 is 4.90 Å². The van der Waals surface area contributed by atoms with Crippen molar-refractivity contribution in [3.05, 3.63) is 70.3 Å². The van der Waals surface area contributed by atoms with Crippen molar-refractivity contribution in [1.82, 2.24) is 9.88 Å². The third kappa shape index (κ3) is 4.63. The minimum Gasteiger partial charge on any atom is -0.341 e. The van der Waals surface area contributed by atoms with Crippen molar-refractivity contribution in [1.29, 1.82) is 0 Å². The van der Waals surface area contributed by atoms with Crippen LogP contribution in [0.25, 0.3) is 11.3 Å². The number of hydrogen-bond acceptors (Lipinski definition) is 4. The maximum absolute atomic E-state index is 13.9. The zero-order valence-electron chi connectivity index (χ0n) is 14.0. The van der Waals surface area contributed by atoms with Crippen molar-refractivity contribution in [2.45, 2.75) is 10.9 Å². The number of thioether (sulfide) groups is 1. The van der Waals surface area contributed by atoms with Crippen LogP contribution in [0.4, 0.5) is 4.39 Å². The van der Waals surface area contributed by atoms with Gasteiger partial charge in [0.15, 0.2) is 4.34 Å². The molecule has 2 aromatic carbocycles. The molecule has 0 aliphatic heterocycles. The number of thiazole rings is 1. The second kappa shape index (κ2) is 8.66. The first-order valence-corrected chi connectivity index (χ1v) is 10.1. The number of hydrogen-bond donors (Lipinski definition) is 0. The summed E-state index contributed by atoms with van der Waals surface area (Å²) < 4.78 is 14.7. The fraction of sp³-hybridized carbons (Fsp3) is 0.158. The maximum atomic E-state index is 13.9. The Morgan fingerprint density at radius 1 is 1.23 bits per heavy atom. The van der Waals surface area contributed by atoms with Crippen LogP contribution in [0.1, 0.15) is 5.56 Å². The summed E-state index contributed by atoms with van der Waals surface area (Å²) in [6.45, 7) is 0.137. The summed E-state index contributed by atoms with van der Waals surface area (Å²) in [5, 5.41) is 2.30. The molecule has 26 heavy (non-hydrogen) atoms. The lowest BCUT2D eigenvalue weighted by molar-refractivity contribution is -0.127. The second-order valence-electron chi connectivity index (χ2n) is 5.60. The molecular weight excluding hydrogens is 391 g/mol. The molecule has 0 N–H and O–H groups in total. The van der Waals surface area contributed by atoms with Crippen molar-refractivity contribution in [2.24, 2.45) is 0 Å². The van der Waals surface area contributed by atoms with Crippen molar-refractivity contribution in [3.8, 4) is 11.3 Å². The third-order valence-electron chi connectivity index (χ3n) is 3.75. The molecule has 3 nitrogen and oxygen atoms in total. The zero-order valence-corrected chi connectivity index (χ0v) is 16.4. The Labute approximate surface area is 164 Å². The van der Waals surface area contributed by atoms with Gasteiger partial charge in [-0.2, -0.15) is 0 Å². The predicted molar refractivity (Wildman–Crippen MR) is 106 cm³/mol. The number of halogens is 2. The number of carbonyl (C=O) groups excluding carboxylic acids is 1. The smallest absolute Gasteiger partial charge is 0.233 e. The third-order valence-corrected chi connectivity index (χ3v) is 6.11. The molecule has 1 aromatic heterocycles. The average molecular weight is 407 g/mol. The van der Waals surface area contributed by atoms with E-state index in [-0.39, 0.29) is 18.2 Å². The number of amides is 1. The lowest BCUT2D eigenvalue weighted by Crippen LogP contribution is -2.28. The van der Waals surface area contributed by atoms with Crippen LogP contribution in [0, 0.1) is 5.82 Å². The van der Waals surface area contributed by atoms with Gasteiger partial charge >= 0.3 is 0 Å². The first-order valence-electron chi connectivity index (χ1n) is 7.85. The molecule has 1 amide bonds. The van der Waals surface area contributed by atoms with Crippen LogP contribution in [0.5, 0.6) is 0 Å². The standard InChI is InChI=1S/C19H16ClFN2OS2/c1-23(10-14-15(20)8-5-9-16(14)21)18(24)12-26-19-22-17(11-25-19)13-6-3-2-4-7-13/h2-9,11H,10,12H2,1H3. The van der Waals surface area contributed by atoms with E-state index in [1.165, 1.54) is 34.1 Å². The van der Waals surface area contributed by atoms with Gasteiger partial charge in [0.25, 0.3) is 0 Å². The van der Waals surface area contributed by atoms with Crippen LogP contribution in [0.15, 0.2) is 58.3 Å². The van der Waals surface area contributed by atoms with Gasteiger partial charge in [0.1, 0.15) is 5.82 Å². The Morgan fingerprint density at radius 2 is 2.00 bits per heavy atom. The van der Waals surface area contributed by atoms with Crippen molar-refractivity contribution < 1.29 is 9.18 Å². The van der Waals surface area contributed by atoms with Gasteiger partial charge in [-0.3, -0.25) is 4.79 Å². The Hall–Kier alpha value is -1.89. The summed E-state index contributed by atoms with van der Waals surface area (Å²) in [5.74, 6) is -0.271. The lowest BCUT2D eigenvalue weighted by atomic mass is 10.2. The van der Waals surface area contributed by atoms with Crippen molar-refractivity contribution >= 4 is 40.6 Å². The van der Waals surface area contributed by atoms with E-state index in [1.54, 1.807) is 19.2 Å². The molecule has 0 bridgehead atoms. The number of aromatic nitrogens is 1. The number of benzene rings is 2. The molecule has 1 heterocycles. The second-order valence-corrected chi connectivity index (χ2v) is 8.09. The number of carbonyl (C=O) groups is 1. The lowest BCUT2D eigenvalue weighted by Gasteiger charge is -2.18. The van der Waals surface area contributed by atoms with Crippen LogP contribution in [0.3, 0.4) is 0 Å². The van der Waals surface area contributed by atoms with Crippen molar-refractivity contribution in [2.75, 3.05) is 12.8 Å². The monoisotopic (exact) mass is 406 g/mol. The summed E-state index contributed by atoms with van der Waals surface area (Å²) in [6, 6.07) is 14.4. The molecule has 3 aromatic rings. The normalized spacial score (nSPS) is 10.7. The number of rotatable bonds is 6. The highest BCUT2D eigenvalue weighted by atomic mass is 35.5. The van der Waals surface area contributed by atoms with Crippen LogP contribution >= 0.6 is 34.7 Å². The molecule has 134 valence electrons. The largest absolute Gasteiger partial charge is 0.341 e. The molecule has 0 unspecified atom stereocenters. The minimum atomic E-state index is -0.405. The van der Waals surface area contributed by atoms with E-state index in [1.807, 2.05) is 35.7 Å². The Morgan fingerprint density at radius 3 is 2.73 bits per heavy atom. The van der Waals surface area contributed by atoms with E-state index in [0.717, 1.165) is 15.6 Å². The van der Waals surface area contributed by atoms with Crippen LogP contribution in [0.2, 0.25) is 5.02 Å². The number of nitrogens with zero attached hydrogens (tertiary/aromatic N) is 2. The highest BCUT2D eigenvalue weighted by Crippen LogP contribution is 2.28. The minimum absolute atomic E-state index is 0.106. The van der Waals surface area contributed by atoms with Gasteiger partial charge in [0.05, 0.1) is 11.4 Å². The Bertz CT molecular complexity index is 881. The molecule has 0 saturated heterocycles. The van der Waals surface area contributed by atoms with E-state index in [9.17, 15) is 9.18 Å². The van der Waals surface area contributed by atoms with Gasteiger partial charge in [-0.15, -0.1) is 11.3 Å². The van der Waals surface area contributed by atoms with E-state index in [2.05, 4.69) is 4.98 Å². The summed E-state index contributed by atoms with van der Waals surface area (Å²) in [5.41, 5.74) is 2.28. The summed E-state index contributed by atoms with van der Waals surface area (Å²) in [6.07, 6.45) is 0. The molecule has 0 fully saturated rings. The molecule has 3 rings (SSSR count). The molecule has 0 atom stereocenters. The summed E-state index contributed by atoms with van der Waals surface area (Å²) >= 11 is 8.91. The fourth-order valence-electron chi connectivity index (χ4n) is 2.31.